The maximum Gasteiger partial charge on any atom is 0.265 e. The van der Waals surface area contributed by atoms with Gasteiger partial charge < -0.3 is 24.4 Å². The van der Waals surface area contributed by atoms with Crippen molar-refractivity contribution in [3.05, 3.63) is 76.8 Å². The Balaban J connectivity index is 2.16. The van der Waals surface area contributed by atoms with Crippen molar-refractivity contribution in [1.29, 1.82) is 0 Å². The summed E-state index contributed by atoms with van der Waals surface area (Å²) in [5.41, 5.74) is 1.25. The number of methoxy groups -OCH3 is 3. The first-order valence-electron chi connectivity index (χ1n) is 13.9. The molecule has 0 saturated carbocycles. The summed E-state index contributed by atoms with van der Waals surface area (Å²) >= 11 is 6.31. The zero-order valence-corrected chi connectivity index (χ0v) is 27.9. The lowest BCUT2D eigenvalue weighted by molar-refractivity contribution is -0.140. The molecular formula is C32H40ClN3O7S. The van der Waals surface area contributed by atoms with Gasteiger partial charge >= 0.3 is 0 Å². The predicted molar refractivity (Wildman–Crippen MR) is 171 cm³/mol. The minimum Gasteiger partial charge on any atom is -0.495 e. The highest BCUT2D eigenvalue weighted by atomic mass is 35.5. The van der Waals surface area contributed by atoms with Gasteiger partial charge in [0.2, 0.25) is 11.8 Å². The molecule has 0 aliphatic rings. The van der Waals surface area contributed by atoms with Crippen molar-refractivity contribution in [2.75, 3.05) is 32.2 Å². The highest BCUT2D eigenvalue weighted by Gasteiger charge is 2.35. The third kappa shape index (κ3) is 8.35. The molecule has 1 N–H and O–H groups in total. The van der Waals surface area contributed by atoms with Crippen molar-refractivity contribution >= 4 is 39.1 Å². The number of nitrogens with zero attached hydrogens (tertiary/aromatic N) is 2. The van der Waals surface area contributed by atoms with Crippen LogP contribution in [0.15, 0.2) is 65.6 Å². The van der Waals surface area contributed by atoms with E-state index in [0.717, 1.165) is 15.4 Å². The highest BCUT2D eigenvalue weighted by Crippen LogP contribution is 2.37. The van der Waals surface area contributed by atoms with Gasteiger partial charge in [-0.3, -0.25) is 13.9 Å². The Labute approximate surface area is 264 Å². The molecule has 238 valence electrons. The summed E-state index contributed by atoms with van der Waals surface area (Å²) in [7, 11) is -0.216. The van der Waals surface area contributed by atoms with Gasteiger partial charge in [0.25, 0.3) is 10.0 Å². The molecule has 2 amide bonds. The summed E-state index contributed by atoms with van der Waals surface area (Å²) in [6.07, 6.45) is 0. The molecule has 0 aliphatic heterocycles. The lowest BCUT2D eigenvalue weighted by atomic mass is 10.1. The number of nitrogens with one attached hydrogen (secondary N) is 1. The van der Waals surface area contributed by atoms with Gasteiger partial charge in [-0.2, -0.15) is 0 Å². The molecule has 0 heterocycles. The molecule has 0 unspecified atom stereocenters. The topological polar surface area (TPSA) is 114 Å². The van der Waals surface area contributed by atoms with Crippen LogP contribution in [0.2, 0.25) is 5.02 Å². The Morgan fingerprint density at radius 2 is 1.55 bits per heavy atom. The fraction of sp³-hybridized carbons (Fsp3) is 0.375. The number of anilines is 1. The minimum absolute atomic E-state index is 0.0467. The average molecular weight is 646 g/mol. The molecule has 0 aliphatic carbocycles. The van der Waals surface area contributed by atoms with Gasteiger partial charge in [0.15, 0.2) is 11.5 Å². The van der Waals surface area contributed by atoms with Crippen molar-refractivity contribution < 1.29 is 32.2 Å². The van der Waals surface area contributed by atoms with Crippen LogP contribution in [0.1, 0.15) is 38.8 Å². The lowest BCUT2D eigenvalue weighted by Crippen LogP contribution is -2.54. The van der Waals surface area contributed by atoms with Gasteiger partial charge in [-0.15, -0.1) is 0 Å². The van der Waals surface area contributed by atoms with E-state index in [4.69, 9.17) is 25.8 Å². The molecule has 3 aromatic rings. The first-order valence-corrected chi connectivity index (χ1v) is 15.7. The number of amides is 2. The Bertz CT molecular complexity index is 1610. The van der Waals surface area contributed by atoms with E-state index in [9.17, 15) is 18.0 Å². The zero-order valence-electron chi connectivity index (χ0n) is 26.3. The summed E-state index contributed by atoms with van der Waals surface area (Å²) in [6.45, 7) is 8.46. The minimum atomic E-state index is -4.43. The molecule has 1 atom stereocenters. The molecular weight excluding hydrogens is 606 g/mol. The normalized spacial score (nSPS) is 12.2. The van der Waals surface area contributed by atoms with Crippen LogP contribution in [-0.2, 0) is 26.2 Å². The monoisotopic (exact) mass is 645 g/mol. The standard InChI is InChI=1S/C32H40ClN3O7S/c1-21-10-9-11-23(16-21)19-35(22(2)31(38)34-32(3,4)5)30(37)20-36(26-17-24(33)12-14-27(26)41-6)44(39,40)25-13-15-28(42-7)29(18-25)43-8/h9-18,22H,19-20H2,1-8H3,(H,34,38)/t22-/m0/s1. The number of sulfonamides is 1. The fourth-order valence-corrected chi connectivity index (χ4v) is 6.14. The lowest BCUT2D eigenvalue weighted by Gasteiger charge is -2.34. The van der Waals surface area contributed by atoms with Gasteiger partial charge in [-0.1, -0.05) is 41.4 Å². The van der Waals surface area contributed by atoms with Gasteiger partial charge in [-0.25, -0.2) is 8.42 Å². The summed E-state index contributed by atoms with van der Waals surface area (Å²) in [4.78, 5) is 28.8. The molecule has 3 aromatic carbocycles. The van der Waals surface area contributed by atoms with Crippen LogP contribution in [0.4, 0.5) is 5.69 Å². The summed E-state index contributed by atoms with van der Waals surface area (Å²) in [5, 5.41) is 3.15. The number of hydrogen-bond acceptors (Lipinski definition) is 7. The molecule has 12 heteroatoms. The van der Waals surface area contributed by atoms with E-state index in [0.29, 0.717) is 5.75 Å². The number of carbonyl (C=O) groups is 2. The number of rotatable bonds is 12. The van der Waals surface area contributed by atoms with Gasteiger partial charge in [0.05, 0.1) is 31.9 Å². The Kier molecular flexibility index (Phi) is 11.2. The fourth-order valence-electron chi connectivity index (χ4n) is 4.54. The van der Waals surface area contributed by atoms with Crippen molar-refractivity contribution in [2.24, 2.45) is 0 Å². The van der Waals surface area contributed by atoms with Crippen LogP contribution in [0.5, 0.6) is 17.2 Å². The second-order valence-electron chi connectivity index (χ2n) is 11.3. The van der Waals surface area contributed by atoms with E-state index < -0.39 is 34.1 Å². The van der Waals surface area contributed by atoms with Crippen molar-refractivity contribution in [3.8, 4) is 17.2 Å². The summed E-state index contributed by atoms with van der Waals surface area (Å²) in [5.74, 6) is -0.304. The van der Waals surface area contributed by atoms with E-state index in [1.54, 1.807) is 13.0 Å². The maximum absolute atomic E-state index is 14.3. The van der Waals surface area contributed by atoms with Crippen LogP contribution in [0.25, 0.3) is 0 Å². The number of hydrogen-bond donors (Lipinski definition) is 1. The van der Waals surface area contributed by atoms with Crippen molar-refractivity contribution in [1.82, 2.24) is 10.2 Å². The maximum atomic E-state index is 14.3. The Morgan fingerprint density at radius 3 is 2.14 bits per heavy atom. The molecule has 0 fully saturated rings. The summed E-state index contributed by atoms with van der Waals surface area (Å²) < 4.78 is 45.7. The Hall–Kier alpha value is -3.96. The van der Waals surface area contributed by atoms with Crippen LogP contribution in [0, 0.1) is 6.92 Å². The van der Waals surface area contributed by atoms with Crippen LogP contribution in [-0.4, -0.2) is 64.6 Å². The predicted octanol–water partition coefficient (Wildman–Crippen LogP) is 5.20. The van der Waals surface area contributed by atoms with E-state index >= 15 is 0 Å². The smallest absolute Gasteiger partial charge is 0.265 e. The van der Waals surface area contributed by atoms with Crippen molar-refractivity contribution in [3.63, 3.8) is 0 Å². The van der Waals surface area contributed by atoms with Crippen LogP contribution >= 0.6 is 11.6 Å². The molecule has 0 bridgehead atoms. The Morgan fingerprint density at radius 1 is 0.909 bits per heavy atom. The molecule has 0 spiro atoms. The van der Waals surface area contributed by atoms with E-state index in [-0.39, 0.29) is 39.6 Å². The summed E-state index contributed by atoms with van der Waals surface area (Å²) in [6, 6.07) is 15.2. The van der Waals surface area contributed by atoms with E-state index in [2.05, 4.69) is 5.32 Å². The average Bonchev–Trinajstić information content (AvgIpc) is 2.96. The van der Waals surface area contributed by atoms with Crippen molar-refractivity contribution in [2.45, 2.75) is 57.6 Å². The highest BCUT2D eigenvalue weighted by molar-refractivity contribution is 7.92. The third-order valence-corrected chi connectivity index (χ3v) is 8.72. The van der Waals surface area contributed by atoms with Gasteiger partial charge in [0, 0.05) is 23.2 Å². The SMILES string of the molecule is COc1ccc(S(=O)(=O)N(CC(=O)N(Cc2cccc(C)c2)[C@@H](C)C(=O)NC(C)(C)C)c2cc(Cl)ccc2OC)cc1OC. The third-order valence-electron chi connectivity index (χ3n) is 6.73. The molecule has 0 aromatic heterocycles. The molecule has 0 saturated heterocycles. The van der Waals surface area contributed by atoms with Crippen LogP contribution < -0.4 is 23.8 Å². The zero-order chi connectivity index (χ0) is 32.8. The number of carbonyl (C=O) groups excluding carboxylic acids is 2. The number of ether oxygens (including phenoxy) is 3. The molecule has 10 nitrogen and oxygen atoms in total. The second kappa shape index (κ2) is 14.2. The number of aryl methyl sites for hydroxylation is 1. The van der Waals surface area contributed by atoms with E-state index in [1.807, 2.05) is 52.0 Å². The molecule has 3 rings (SSSR count). The van der Waals surface area contributed by atoms with E-state index in [1.165, 1.54) is 56.6 Å². The largest absolute Gasteiger partial charge is 0.495 e. The first-order chi connectivity index (χ1) is 20.6. The molecule has 44 heavy (non-hydrogen) atoms. The second-order valence-corrected chi connectivity index (χ2v) is 13.6. The first kappa shape index (κ1) is 34.5. The quantitative estimate of drug-likeness (QED) is 0.288. The van der Waals surface area contributed by atoms with Gasteiger partial charge in [-0.05, 0) is 70.5 Å². The molecule has 0 radical (unpaired) electrons. The number of benzene rings is 3. The number of halogens is 1. The van der Waals surface area contributed by atoms with Crippen LogP contribution in [0.3, 0.4) is 0 Å². The van der Waals surface area contributed by atoms with Gasteiger partial charge in [0.1, 0.15) is 18.3 Å².